The van der Waals surface area contributed by atoms with Gasteiger partial charge in [-0.25, -0.2) is 8.42 Å². The molecule has 1 amide bonds. The van der Waals surface area contributed by atoms with Gasteiger partial charge in [-0.05, 0) is 53.9 Å². The fraction of sp³-hybridized carbons (Fsp3) is 0.208. The van der Waals surface area contributed by atoms with Gasteiger partial charge in [0.25, 0.3) is 5.91 Å². The molecule has 0 saturated carbocycles. The number of methoxy groups -OCH3 is 1. The Kier molecular flexibility index (Phi) is 7.33. The molecular weight excluding hydrogens is 499 g/mol. The van der Waals surface area contributed by atoms with Gasteiger partial charge in [-0.15, -0.1) is 0 Å². The molecule has 3 aromatic carbocycles. The van der Waals surface area contributed by atoms with E-state index in [0.29, 0.717) is 36.0 Å². The first kappa shape index (κ1) is 24.3. The van der Waals surface area contributed by atoms with Crippen molar-refractivity contribution in [3.05, 3.63) is 81.8 Å². The minimum Gasteiger partial charge on any atom is -0.495 e. The van der Waals surface area contributed by atoms with E-state index in [4.69, 9.17) is 32.7 Å². The van der Waals surface area contributed by atoms with Crippen LogP contribution < -0.4 is 14.8 Å². The summed E-state index contributed by atoms with van der Waals surface area (Å²) in [5.41, 5.74) is 2.55. The van der Waals surface area contributed by atoms with E-state index < -0.39 is 15.9 Å². The van der Waals surface area contributed by atoms with Crippen LogP contribution in [-0.2, 0) is 27.8 Å². The van der Waals surface area contributed by atoms with Crippen molar-refractivity contribution in [1.29, 1.82) is 0 Å². The lowest BCUT2D eigenvalue weighted by atomic mass is 10.0. The Hall–Kier alpha value is -2.78. The van der Waals surface area contributed by atoms with E-state index in [2.05, 4.69) is 5.32 Å². The topological polar surface area (TPSA) is 84.9 Å². The van der Waals surface area contributed by atoms with Gasteiger partial charge in [0.2, 0.25) is 10.0 Å². The van der Waals surface area contributed by atoms with Crippen LogP contribution >= 0.6 is 23.2 Å². The lowest BCUT2D eigenvalue weighted by Crippen LogP contribution is -2.35. The smallest absolute Gasteiger partial charge is 0.262 e. The maximum Gasteiger partial charge on any atom is 0.262 e. The van der Waals surface area contributed by atoms with E-state index in [0.717, 1.165) is 11.1 Å². The van der Waals surface area contributed by atoms with Crippen molar-refractivity contribution in [3.8, 4) is 11.5 Å². The molecule has 0 bridgehead atoms. The summed E-state index contributed by atoms with van der Waals surface area (Å²) in [6.45, 7) is 0.355. The molecule has 0 atom stereocenters. The van der Waals surface area contributed by atoms with Crippen LogP contribution in [0.5, 0.6) is 11.5 Å². The Morgan fingerprint density at radius 1 is 1.03 bits per heavy atom. The minimum absolute atomic E-state index is 0.0670. The van der Waals surface area contributed by atoms with Gasteiger partial charge in [-0.2, -0.15) is 4.31 Å². The number of carbonyl (C=O) groups is 1. The maximum absolute atomic E-state index is 13.2. The number of sulfonamides is 1. The van der Waals surface area contributed by atoms with Gasteiger partial charge >= 0.3 is 0 Å². The SMILES string of the molecule is COc1ccc(Cl)cc1NC(=O)COc1ccc(S(=O)(=O)N2CCc3ccccc3C2)cc1Cl. The van der Waals surface area contributed by atoms with Crippen molar-refractivity contribution in [2.24, 2.45) is 0 Å². The summed E-state index contributed by atoms with van der Waals surface area (Å²) in [7, 11) is -2.26. The van der Waals surface area contributed by atoms with Gasteiger partial charge in [-0.1, -0.05) is 47.5 Å². The molecule has 0 fully saturated rings. The van der Waals surface area contributed by atoms with Crippen LogP contribution in [0.3, 0.4) is 0 Å². The number of anilines is 1. The third-order valence-corrected chi connectivity index (χ3v) is 7.80. The standard InChI is InChI=1S/C24H22Cl2N2O5S/c1-32-23-8-6-18(25)12-21(23)27-24(29)15-33-22-9-7-19(13-20(22)26)34(30,31)28-11-10-16-4-2-3-5-17(16)14-28/h2-9,12-13H,10-11,14-15H2,1H3,(H,27,29). The highest BCUT2D eigenvalue weighted by molar-refractivity contribution is 7.89. The predicted molar refractivity (Wildman–Crippen MR) is 131 cm³/mol. The average Bonchev–Trinajstić information content (AvgIpc) is 2.83. The molecule has 1 aliphatic rings. The van der Waals surface area contributed by atoms with E-state index in [1.165, 1.54) is 29.6 Å². The molecular formula is C24H22Cl2N2O5S. The van der Waals surface area contributed by atoms with Gasteiger partial charge in [0.1, 0.15) is 11.5 Å². The Morgan fingerprint density at radius 3 is 2.50 bits per heavy atom. The first-order chi connectivity index (χ1) is 16.3. The van der Waals surface area contributed by atoms with Gasteiger partial charge in [0.05, 0.1) is 22.7 Å². The fourth-order valence-electron chi connectivity index (χ4n) is 3.69. The van der Waals surface area contributed by atoms with Gasteiger partial charge in [0, 0.05) is 18.1 Å². The molecule has 0 saturated heterocycles. The van der Waals surface area contributed by atoms with E-state index in [9.17, 15) is 13.2 Å². The fourth-order valence-corrected chi connectivity index (χ4v) is 5.61. The Morgan fingerprint density at radius 2 is 1.76 bits per heavy atom. The number of fused-ring (bicyclic) bond motifs is 1. The van der Waals surface area contributed by atoms with E-state index in [-0.39, 0.29) is 22.3 Å². The van der Waals surface area contributed by atoms with Gasteiger partial charge in [0.15, 0.2) is 6.61 Å². The van der Waals surface area contributed by atoms with Crippen LogP contribution in [0.15, 0.2) is 65.6 Å². The molecule has 178 valence electrons. The highest BCUT2D eigenvalue weighted by Crippen LogP contribution is 2.31. The Bertz CT molecular complexity index is 1330. The number of rotatable bonds is 7. The number of hydrogen-bond donors (Lipinski definition) is 1. The molecule has 0 unspecified atom stereocenters. The lowest BCUT2D eigenvalue weighted by molar-refractivity contribution is -0.118. The number of hydrogen-bond acceptors (Lipinski definition) is 5. The largest absolute Gasteiger partial charge is 0.495 e. The van der Waals surface area contributed by atoms with Crippen molar-refractivity contribution in [2.45, 2.75) is 17.9 Å². The third-order valence-electron chi connectivity index (χ3n) is 5.43. The van der Waals surface area contributed by atoms with Gasteiger partial charge in [-0.3, -0.25) is 4.79 Å². The molecule has 3 aromatic rings. The van der Waals surface area contributed by atoms with Crippen molar-refractivity contribution >= 4 is 44.8 Å². The second-order valence-corrected chi connectivity index (χ2v) is 10.4. The lowest BCUT2D eigenvalue weighted by Gasteiger charge is -2.28. The zero-order valence-corrected chi connectivity index (χ0v) is 20.6. The normalized spacial score (nSPS) is 13.7. The van der Waals surface area contributed by atoms with Crippen LogP contribution in [0, 0.1) is 0 Å². The van der Waals surface area contributed by atoms with Crippen molar-refractivity contribution < 1.29 is 22.7 Å². The summed E-state index contributed by atoms with van der Waals surface area (Å²) in [5, 5.41) is 3.19. The number of nitrogens with zero attached hydrogens (tertiary/aromatic N) is 1. The van der Waals surface area contributed by atoms with Crippen molar-refractivity contribution in [2.75, 3.05) is 25.6 Å². The van der Waals surface area contributed by atoms with Crippen molar-refractivity contribution in [1.82, 2.24) is 4.31 Å². The summed E-state index contributed by atoms with van der Waals surface area (Å²) >= 11 is 12.3. The average molecular weight is 521 g/mol. The number of amides is 1. The summed E-state index contributed by atoms with van der Waals surface area (Å²) < 4.78 is 38.5. The molecule has 0 aliphatic carbocycles. The molecule has 34 heavy (non-hydrogen) atoms. The predicted octanol–water partition coefficient (Wildman–Crippen LogP) is 4.77. The number of nitrogens with one attached hydrogen (secondary N) is 1. The number of carbonyl (C=O) groups excluding carboxylic acids is 1. The number of benzene rings is 3. The zero-order chi connectivity index (χ0) is 24.3. The molecule has 10 heteroatoms. The van der Waals surface area contributed by atoms with Crippen LogP contribution in [0.1, 0.15) is 11.1 Å². The second kappa shape index (κ2) is 10.2. The number of halogens is 2. The number of ether oxygens (including phenoxy) is 2. The molecule has 0 aromatic heterocycles. The third kappa shape index (κ3) is 5.31. The summed E-state index contributed by atoms with van der Waals surface area (Å²) in [6.07, 6.45) is 0.650. The van der Waals surface area contributed by atoms with Crippen LogP contribution in [0.4, 0.5) is 5.69 Å². The van der Waals surface area contributed by atoms with Gasteiger partial charge < -0.3 is 14.8 Å². The van der Waals surface area contributed by atoms with Crippen molar-refractivity contribution in [3.63, 3.8) is 0 Å². The van der Waals surface area contributed by atoms with E-state index >= 15 is 0 Å². The van der Waals surface area contributed by atoms with Crippen LogP contribution in [-0.4, -0.2) is 38.9 Å². The van der Waals surface area contributed by atoms with Crippen LogP contribution in [0.2, 0.25) is 10.0 Å². The molecule has 1 heterocycles. The monoisotopic (exact) mass is 520 g/mol. The summed E-state index contributed by atoms with van der Waals surface area (Å²) in [5.74, 6) is 0.184. The Labute approximate surface area is 208 Å². The highest BCUT2D eigenvalue weighted by atomic mass is 35.5. The zero-order valence-electron chi connectivity index (χ0n) is 18.3. The molecule has 4 rings (SSSR count). The van der Waals surface area contributed by atoms with E-state index in [1.807, 2.05) is 24.3 Å². The highest BCUT2D eigenvalue weighted by Gasteiger charge is 2.28. The molecule has 7 nitrogen and oxygen atoms in total. The maximum atomic E-state index is 13.2. The molecule has 1 aliphatic heterocycles. The summed E-state index contributed by atoms with van der Waals surface area (Å²) in [6, 6.07) is 16.8. The van der Waals surface area contributed by atoms with Crippen LogP contribution in [0.25, 0.3) is 0 Å². The Balaban J connectivity index is 1.42. The first-order valence-electron chi connectivity index (χ1n) is 10.4. The quantitative estimate of drug-likeness (QED) is 0.485. The molecule has 0 spiro atoms. The minimum atomic E-state index is -3.74. The molecule has 1 N–H and O–H groups in total. The summed E-state index contributed by atoms with van der Waals surface area (Å²) in [4.78, 5) is 12.4. The first-order valence-corrected chi connectivity index (χ1v) is 12.6. The molecule has 0 radical (unpaired) electrons. The van der Waals surface area contributed by atoms with E-state index in [1.54, 1.807) is 18.2 Å². The second-order valence-electron chi connectivity index (χ2n) is 7.63.